The fourth-order valence-electron chi connectivity index (χ4n) is 3.77. The van der Waals surface area contributed by atoms with Gasteiger partial charge in [0.15, 0.2) is 0 Å². The van der Waals surface area contributed by atoms with Gasteiger partial charge in [-0.1, -0.05) is 24.3 Å². The van der Waals surface area contributed by atoms with Gasteiger partial charge in [0.05, 0.1) is 12.5 Å². The standard InChI is InChI=1S/C27H28N2O3/c1-18(27(30)31)20-7-11-26(32-15-13-19-4-8-23(9-5-19)29(2)3)24(17-20)21-6-10-25-22(16-21)12-14-28-25/h4-12,14,16-18,28H,13,15H2,1-3H3,(H,30,31). The number of benzene rings is 3. The third kappa shape index (κ3) is 4.62. The molecule has 0 radical (unpaired) electrons. The number of carboxylic acid groups (broad SMARTS) is 1. The Balaban J connectivity index is 1.59. The summed E-state index contributed by atoms with van der Waals surface area (Å²) >= 11 is 0. The van der Waals surface area contributed by atoms with E-state index in [4.69, 9.17) is 4.74 Å². The van der Waals surface area contributed by atoms with Gasteiger partial charge in [-0.05, 0) is 71.5 Å². The van der Waals surface area contributed by atoms with Crippen molar-refractivity contribution in [3.8, 4) is 16.9 Å². The quantitative estimate of drug-likeness (QED) is 0.377. The van der Waals surface area contributed by atoms with Gasteiger partial charge in [0.1, 0.15) is 5.75 Å². The number of H-pyrrole nitrogens is 1. The monoisotopic (exact) mass is 428 g/mol. The van der Waals surface area contributed by atoms with Crippen LogP contribution < -0.4 is 9.64 Å². The zero-order chi connectivity index (χ0) is 22.7. The number of ether oxygens (including phenoxy) is 1. The maximum atomic E-state index is 11.5. The molecule has 4 aromatic rings. The Labute approximate surface area is 188 Å². The molecule has 2 N–H and O–H groups in total. The Kier molecular flexibility index (Phi) is 6.17. The van der Waals surface area contributed by atoms with Gasteiger partial charge in [0.25, 0.3) is 0 Å². The highest BCUT2D eigenvalue weighted by molar-refractivity contribution is 5.87. The van der Waals surface area contributed by atoms with Gasteiger partial charge < -0.3 is 19.7 Å². The summed E-state index contributed by atoms with van der Waals surface area (Å²) in [5.74, 6) is -0.674. The Morgan fingerprint density at radius 3 is 2.53 bits per heavy atom. The minimum atomic E-state index is -0.841. The van der Waals surface area contributed by atoms with Crippen LogP contribution in [0.2, 0.25) is 0 Å². The summed E-state index contributed by atoms with van der Waals surface area (Å²) in [5, 5.41) is 10.6. The highest BCUT2D eigenvalue weighted by Gasteiger charge is 2.17. The first-order chi connectivity index (χ1) is 15.4. The molecule has 0 spiro atoms. The fraction of sp³-hybridized carbons (Fsp3) is 0.222. The lowest BCUT2D eigenvalue weighted by atomic mass is 9.95. The van der Waals surface area contributed by atoms with Gasteiger partial charge in [-0.3, -0.25) is 4.79 Å². The van der Waals surface area contributed by atoms with Crippen molar-refractivity contribution >= 4 is 22.6 Å². The van der Waals surface area contributed by atoms with E-state index in [0.717, 1.165) is 39.8 Å². The van der Waals surface area contributed by atoms with Gasteiger partial charge >= 0.3 is 5.97 Å². The molecular formula is C27H28N2O3. The number of aliphatic carboxylic acids is 1. The van der Waals surface area contributed by atoms with Gasteiger partial charge in [-0.15, -0.1) is 0 Å². The Morgan fingerprint density at radius 1 is 1.03 bits per heavy atom. The van der Waals surface area contributed by atoms with Crippen LogP contribution in [-0.4, -0.2) is 36.8 Å². The van der Waals surface area contributed by atoms with E-state index in [1.807, 2.05) is 56.7 Å². The van der Waals surface area contributed by atoms with Crippen LogP contribution in [0, 0.1) is 0 Å². The van der Waals surface area contributed by atoms with Crippen molar-refractivity contribution in [1.29, 1.82) is 0 Å². The number of nitrogens with one attached hydrogen (secondary N) is 1. The Morgan fingerprint density at radius 2 is 1.81 bits per heavy atom. The van der Waals surface area contributed by atoms with Crippen molar-refractivity contribution in [3.63, 3.8) is 0 Å². The number of aromatic amines is 1. The van der Waals surface area contributed by atoms with Crippen LogP contribution in [0.25, 0.3) is 22.0 Å². The molecule has 1 unspecified atom stereocenters. The molecule has 0 aliphatic carbocycles. The molecule has 4 rings (SSSR count). The lowest BCUT2D eigenvalue weighted by molar-refractivity contribution is -0.138. The molecule has 0 aliphatic heterocycles. The molecule has 5 nitrogen and oxygen atoms in total. The topological polar surface area (TPSA) is 65.6 Å². The lowest BCUT2D eigenvalue weighted by Crippen LogP contribution is -2.09. The number of carboxylic acids is 1. The molecule has 0 saturated heterocycles. The third-order valence-corrected chi connectivity index (χ3v) is 5.84. The van der Waals surface area contributed by atoms with Crippen molar-refractivity contribution in [2.24, 2.45) is 0 Å². The van der Waals surface area contributed by atoms with E-state index >= 15 is 0 Å². The van der Waals surface area contributed by atoms with Gasteiger partial charge in [-0.2, -0.15) is 0 Å². The zero-order valence-electron chi connectivity index (χ0n) is 18.6. The minimum Gasteiger partial charge on any atom is -0.493 e. The molecule has 0 amide bonds. The first-order valence-corrected chi connectivity index (χ1v) is 10.8. The first-order valence-electron chi connectivity index (χ1n) is 10.8. The Hall–Kier alpha value is -3.73. The van der Waals surface area contributed by atoms with Crippen molar-refractivity contribution in [1.82, 2.24) is 4.98 Å². The molecule has 1 aromatic heterocycles. The number of aromatic nitrogens is 1. The van der Waals surface area contributed by atoms with Crippen LogP contribution in [0.1, 0.15) is 24.0 Å². The second kappa shape index (κ2) is 9.18. The SMILES string of the molecule is CC(C(=O)O)c1ccc(OCCc2ccc(N(C)C)cc2)c(-c2ccc3[nH]ccc3c2)c1. The molecule has 1 heterocycles. The van der Waals surface area contributed by atoms with E-state index in [1.165, 1.54) is 11.3 Å². The van der Waals surface area contributed by atoms with Gasteiger partial charge in [-0.25, -0.2) is 0 Å². The summed E-state index contributed by atoms with van der Waals surface area (Å²) in [5.41, 5.74) is 6.10. The smallest absolute Gasteiger partial charge is 0.310 e. The van der Waals surface area contributed by atoms with Gasteiger partial charge in [0.2, 0.25) is 0 Å². The summed E-state index contributed by atoms with van der Waals surface area (Å²) in [7, 11) is 4.05. The molecule has 0 bridgehead atoms. The molecule has 1 atom stereocenters. The minimum absolute atomic E-state index is 0.536. The summed E-state index contributed by atoms with van der Waals surface area (Å²) in [6.07, 6.45) is 2.70. The van der Waals surface area contributed by atoms with E-state index in [1.54, 1.807) is 6.92 Å². The highest BCUT2D eigenvalue weighted by atomic mass is 16.5. The predicted octanol–water partition coefficient (Wildman–Crippen LogP) is 5.71. The number of carbonyl (C=O) groups is 1. The van der Waals surface area contributed by atoms with E-state index in [-0.39, 0.29) is 0 Å². The summed E-state index contributed by atoms with van der Waals surface area (Å²) in [4.78, 5) is 16.8. The van der Waals surface area contributed by atoms with Crippen LogP contribution >= 0.6 is 0 Å². The third-order valence-electron chi connectivity index (χ3n) is 5.84. The number of rotatable bonds is 8. The molecule has 0 aliphatic rings. The lowest BCUT2D eigenvalue weighted by Gasteiger charge is -2.16. The fourth-order valence-corrected chi connectivity index (χ4v) is 3.77. The molecule has 3 aromatic carbocycles. The van der Waals surface area contributed by atoms with E-state index in [0.29, 0.717) is 6.61 Å². The van der Waals surface area contributed by atoms with Crippen LogP contribution in [0.3, 0.4) is 0 Å². The van der Waals surface area contributed by atoms with E-state index < -0.39 is 11.9 Å². The number of anilines is 1. The van der Waals surface area contributed by atoms with E-state index in [9.17, 15) is 9.90 Å². The molecule has 5 heteroatoms. The summed E-state index contributed by atoms with van der Waals surface area (Å²) in [6, 6.07) is 22.3. The first kappa shape index (κ1) is 21.5. The summed E-state index contributed by atoms with van der Waals surface area (Å²) < 4.78 is 6.20. The average Bonchev–Trinajstić information content (AvgIpc) is 3.27. The van der Waals surface area contributed by atoms with Crippen molar-refractivity contribution in [2.45, 2.75) is 19.3 Å². The number of hydrogen-bond donors (Lipinski definition) is 2. The molecule has 164 valence electrons. The van der Waals surface area contributed by atoms with Crippen molar-refractivity contribution < 1.29 is 14.6 Å². The van der Waals surface area contributed by atoms with E-state index in [2.05, 4.69) is 40.2 Å². The number of nitrogens with zero attached hydrogens (tertiary/aromatic N) is 1. The van der Waals surface area contributed by atoms with Crippen LogP contribution in [-0.2, 0) is 11.2 Å². The largest absolute Gasteiger partial charge is 0.493 e. The van der Waals surface area contributed by atoms with Crippen LogP contribution in [0.15, 0.2) is 72.9 Å². The second-order valence-corrected chi connectivity index (χ2v) is 8.25. The Bertz CT molecular complexity index is 1230. The molecule has 0 fully saturated rings. The number of hydrogen-bond acceptors (Lipinski definition) is 3. The number of fused-ring (bicyclic) bond motifs is 1. The maximum absolute atomic E-state index is 11.5. The molecule has 32 heavy (non-hydrogen) atoms. The maximum Gasteiger partial charge on any atom is 0.310 e. The van der Waals surface area contributed by atoms with Crippen LogP contribution in [0.4, 0.5) is 5.69 Å². The summed E-state index contributed by atoms with van der Waals surface area (Å²) in [6.45, 7) is 2.24. The van der Waals surface area contributed by atoms with Crippen molar-refractivity contribution in [3.05, 3.63) is 84.1 Å². The predicted molar refractivity (Wildman–Crippen MR) is 130 cm³/mol. The average molecular weight is 429 g/mol. The second-order valence-electron chi connectivity index (χ2n) is 8.25. The normalized spacial score (nSPS) is 12.0. The van der Waals surface area contributed by atoms with Crippen molar-refractivity contribution in [2.75, 3.05) is 25.6 Å². The zero-order valence-corrected chi connectivity index (χ0v) is 18.6. The molecule has 0 saturated carbocycles. The van der Waals surface area contributed by atoms with Crippen LogP contribution in [0.5, 0.6) is 5.75 Å². The molecular weight excluding hydrogens is 400 g/mol. The van der Waals surface area contributed by atoms with Gasteiger partial charge in [0, 0.05) is 43.5 Å². The highest BCUT2D eigenvalue weighted by Crippen LogP contribution is 2.35.